The lowest BCUT2D eigenvalue weighted by Gasteiger charge is -2.23. The van der Waals surface area contributed by atoms with Crippen LogP contribution in [0.4, 0.5) is 5.13 Å². The first kappa shape index (κ1) is 20.3. The second-order valence-electron chi connectivity index (χ2n) is 7.50. The molecule has 0 saturated carbocycles. The molecule has 0 radical (unpaired) electrons. The number of benzene rings is 2. The SMILES string of the molecule is COc1ccc(C2c3c(oc4ccccc4c3=O)C(=O)N2c2nc(C)c(C)s2)cc1OC. The fourth-order valence-corrected chi connectivity index (χ4v) is 4.95. The van der Waals surface area contributed by atoms with Gasteiger partial charge < -0.3 is 13.9 Å². The molecule has 0 spiro atoms. The zero-order valence-corrected chi connectivity index (χ0v) is 18.8. The number of anilines is 1. The topological polar surface area (TPSA) is 81.9 Å². The molecule has 4 aromatic rings. The van der Waals surface area contributed by atoms with Crippen molar-refractivity contribution in [3.8, 4) is 11.5 Å². The lowest BCUT2D eigenvalue weighted by Crippen LogP contribution is -2.29. The summed E-state index contributed by atoms with van der Waals surface area (Å²) >= 11 is 1.41. The van der Waals surface area contributed by atoms with Gasteiger partial charge in [0.15, 0.2) is 22.1 Å². The Morgan fingerprint density at radius 3 is 2.47 bits per heavy atom. The number of ether oxygens (including phenoxy) is 2. The van der Waals surface area contributed by atoms with Crippen molar-refractivity contribution in [2.45, 2.75) is 19.9 Å². The molecule has 2 aromatic carbocycles. The normalized spacial score (nSPS) is 15.3. The summed E-state index contributed by atoms with van der Waals surface area (Å²) in [5.41, 5.74) is 1.98. The van der Waals surface area contributed by atoms with E-state index in [0.717, 1.165) is 10.6 Å². The lowest BCUT2D eigenvalue weighted by molar-refractivity contribution is 0.0971. The molecule has 1 aliphatic rings. The Labute approximate surface area is 187 Å². The van der Waals surface area contributed by atoms with Crippen LogP contribution >= 0.6 is 11.3 Å². The zero-order valence-electron chi connectivity index (χ0n) is 18.0. The number of nitrogens with zero attached hydrogens (tertiary/aromatic N) is 2. The van der Waals surface area contributed by atoms with E-state index in [1.807, 2.05) is 19.9 Å². The molecule has 0 aliphatic carbocycles. The summed E-state index contributed by atoms with van der Waals surface area (Å²) in [5.74, 6) is 0.705. The molecule has 3 heterocycles. The van der Waals surface area contributed by atoms with Crippen LogP contribution in [0.2, 0.25) is 0 Å². The van der Waals surface area contributed by atoms with Crippen molar-refractivity contribution in [3.05, 3.63) is 80.1 Å². The number of carbonyl (C=O) groups excluding carboxylic acids is 1. The molecule has 8 heteroatoms. The monoisotopic (exact) mass is 448 g/mol. The third kappa shape index (κ3) is 2.90. The number of rotatable bonds is 4. The maximum atomic E-state index is 13.6. The van der Waals surface area contributed by atoms with Gasteiger partial charge in [0.2, 0.25) is 5.76 Å². The van der Waals surface area contributed by atoms with Gasteiger partial charge in [-0.15, -0.1) is 11.3 Å². The Bertz CT molecular complexity index is 1420. The van der Waals surface area contributed by atoms with Crippen LogP contribution in [0.5, 0.6) is 11.5 Å². The molecule has 0 fully saturated rings. The summed E-state index contributed by atoms with van der Waals surface area (Å²) in [4.78, 5) is 34.3. The molecule has 0 saturated heterocycles. The van der Waals surface area contributed by atoms with Crippen LogP contribution in [0.25, 0.3) is 11.0 Å². The van der Waals surface area contributed by atoms with E-state index in [9.17, 15) is 9.59 Å². The van der Waals surface area contributed by atoms with Crippen molar-refractivity contribution in [2.75, 3.05) is 19.1 Å². The number of hydrogen-bond acceptors (Lipinski definition) is 7. The van der Waals surface area contributed by atoms with Crippen LogP contribution < -0.4 is 19.8 Å². The maximum absolute atomic E-state index is 13.6. The third-order valence-electron chi connectivity index (χ3n) is 5.72. The Hall–Kier alpha value is -3.65. The summed E-state index contributed by atoms with van der Waals surface area (Å²) < 4.78 is 16.8. The summed E-state index contributed by atoms with van der Waals surface area (Å²) in [6, 6.07) is 11.6. The molecule has 2 aromatic heterocycles. The molecule has 1 aliphatic heterocycles. The fourth-order valence-electron chi connectivity index (χ4n) is 4.01. The third-order valence-corrected chi connectivity index (χ3v) is 6.80. The van der Waals surface area contributed by atoms with E-state index in [2.05, 4.69) is 4.98 Å². The minimum Gasteiger partial charge on any atom is -0.493 e. The van der Waals surface area contributed by atoms with Gasteiger partial charge in [-0.3, -0.25) is 14.5 Å². The van der Waals surface area contributed by atoms with E-state index in [4.69, 9.17) is 13.9 Å². The quantitative estimate of drug-likeness (QED) is 0.453. The van der Waals surface area contributed by atoms with Gasteiger partial charge >= 0.3 is 0 Å². The number of thiazole rings is 1. The van der Waals surface area contributed by atoms with Crippen LogP contribution in [0.15, 0.2) is 51.7 Å². The number of aromatic nitrogens is 1. The Morgan fingerprint density at radius 1 is 1.03 bits per heavy atom. The molecular weight excluding hydrogens is 428 g/mol. The molecule has 7 nitrogen and oxygen atoms in total. The number of amides is 1. The Morgan fingerprint density at radius 2 is 1.78 bits per heavy atom. The smallest absolute Gasteiger partial charge is 0.297 e. The number of hydrogen-bond donors (Lipinski definition) is 0. The molecule has 32 heavy (non-hydrogen) atoms. The lowest BCUT2D eigenvalue weighted by atomic mass is 9.98. The van der Waals surface area contributed by atoms with E-state index in [0.29, 0.717) is 38.7 Å². The van der Waals surface area contributed by atoms with Crippen molar-refractivity contribution in [1.29, 1.82) is 0 Å². The van der Waals surface area contributed by atoms with Gasteiger partial charge in [-0.1, -0.05) is 18.2 Å². The molecule has 5 rings (SSSR count). The molecule has 1 unspecified atom stereocenters. The van der Waals surface area contributed by atoms with E-state index in [-0.39, 0.29) is 11.2 Å². The number of aryl methyl sites for hydroxylation is 2. The van der Waals surface area contributed by atoms with Gasteiger partial charge in [0.1, 0.15) is 5.58 Å². The molecule has 0 N–H and O–H groups in total. The summed E-state index contributed by atoms with van der Waals surface area (Å²) in [6.07, 6.45) is 0. The average Bonchev–Trinajstić information content (AvgIpc) is 3.29. The van der Waals surface area contributed by atoms with E-state index in [1.54, 1.807) is 55.5 Å². The second kappa shape index (κ2) is 7.49. The van der Waals surface area contributed by atoms with Gasteiger partial charge in [0.25, 0.3) is 5.91 Å². The van der Waals surface area contributed by atoms with Crippen LogP contribution in [-0.4, -0.2) is 25.1 Å². The van der Waals surface area contributed by atoms with Crippen LogP contribution in [0.1, 0.15) is 38.3 Å². The summed E-state index contributed by atoms with van der Waals surface area (Å²) in [7, 11) is 3.10. The van der Waals surface area contributed by atoms with Crippen molar-refractivity contribution in [2.24, 2.45) is 0 Å². The van der Waals surface area contributed by atoms with Crippen LogP contribution in [0, 0.1) is 13.8 Å². The number of para-hydroxylation sites is 1. The predicted molar refractivity (Wildman–Crippen MR) is 122 cm³/mol. The van der Waals surface area contributed by atoms with Crippen LogP contribution in [0.3, 0.4) is 0 Å². The van der Waals surface area contributed by atoms with E-state index in [1.165, 1.54) is 11.3 Å². The maximum Gasteiger partial charge on any atom is 0.297 e. The largest absolute Gasteiger partial charge is 0.493 e. The van der Waals surface area contributed by atoms with Gasteiger partial charge in [0.05, 0.1) is 36.9 Å². The number of fused-ring (bicyclic) bond motifs is 2. The number of methoxy groups -OCH3 is 2. The highest BCUT2D eigenvalue weighted by Gasteiger charge is 2.45. The average molecular weight is 449 g/mol. The Kier molecular flexibility index (Phi) is 4.74. The highest BCUT2D eigenvalue weighted by atomic mass is 32.1. The van der Waals surface area contributed by atoms with Gasteiger partial charge in [-0.2, -0.15) is 0 Å². The first-order chi connectivity index (χ1) is 15.4. The summed E-state index contributed by atoms with van der Waals surface area (Å²) in [6.45, 7) is 3.85. The first-order valence-electron chi connectivity index (χ1n) is 9.99. The van der Waals surface area contributed by atoms with Crippen LogP contribution in [-0.2, 0) is 0 Å². The van der Waals surface area contributed by atoms with Gasteiger partial charge in [-0.05, 0) is 43.7 Å². The molecule has 162 valence electrons. The van der Waals surface area contributed by atoms with E-state index < -0.39 is 11.9 Å². The molecular formula is C24H20N2O5S. The fraction of sp³-hybridized carbons (Fsp3) is 0.208. The number of carbonyl (C=O) groups is 1. The van der Waals surface area contributed by atoms with Crippen molar-refractivity contribution in [1.82, 2.24) is 4.98 Å². The second-order valence-corrected chi connectivity index (χ2v) is 8.68. The molecule has 0 bridgehead atoms. The van der Waals surface area contributed by atoms with Gasteiger partial charge in [-0.25, -0.2) is 4.98 Å². The first-order valence-corrected chi connectivity index (χ1v) is 10.8. The van der Waals surface area contributed by atoms with Crippen molar-refractivity contribution in [3.63, 3.8) is 0 Å². The molecule has 1 atom stereocenters. The Balaban J connectivity index is 1.81. The molecule has 1 amide bonds. The minimum absolute atomic E-state index is 0.0407. The van der Waals surface area contributed by atoms with E-state index >= 15 is 0 Å². The van der Waals surface area contributed by atoms with Crippen molar-refractivity contribution < 1.29 is 18.7 Å². The highest BCUT2D eigenvalue weighted by Crippen LogP contribution is 2.44. The minimum atomic E-state index is -0.705. The predicted octanol–water partition coefficient (Wildman–Crippen LogP) is 4.63. The zero-order chi connectivity index (χ0) is 22.6. The van der Waals surface area contributed by atoms with Crippen molar-refractivity contribution >= 4 is 33.3 Å². The van der Waals surface area contributed by atoms with Gasteiger partial charge in [0, 0.05) is 4.88 Å². The standard InChI is InChI=1S/C24H20N2O5S/c1-12-13(2)32-24(25-12)26-20(14-9-10-17(29-3)18(11-14)30-4)19-21(27)15-7-5-6-8-16(15)31-22(19)23(26)28/h5-11,20H,1-4H3. The highest BCUT2D eigenvalue weighted by molar-refractivity contribution is 7.15. The summed E-state index contributed by atoms with van der Waals surface area (Å²) in [5, 5.41) is 0.942.